The molecule has 2 aromatic rings. The number of benzene rings is 2. The highest BCUT2D eigenvalue weighted by molar-refractivity contribution is 7.65. The molecule has 0 saturated carbocycles. The Morgan fingerprint density at radius 2 is 1.15 bits per heavy atom. The van der Waals surface area contributed by atoms with Gasteiger partial charge in [0.05, 0.1) is 14.2 Å². The third-order valence-corrected chi connectivity index (χ3v) is 6.14. The second-order valence-electron chi connectivity index (χ2n) is 4.41. The third kappa shape index (κ3) is 3.95. The van der Waals surface area contributed by atoms with Gasteiger partial charge in [-0.2, -0.15) is 0 Å². The van der Waals surface area contributed by atoms with E-state index in [4.69, 9.17) is 9.47 Å². The summed E-state index contributed by atoms with van der Waals surface area (Å²) < 4.78 is 10.9. The monoisotopic (exact) mass is 306 g/mol. The highest BCUT2D eigenvalue weighted by atomic mass is 31.1. The van der Waals surface area contributed by atoms with Crippen LogP contribution in [0.25, 0.3) is 0 Å². The summed E-state index contributed by atoms with van der Waals surface area (Å²) in [6.07, 6.45) is 0. The SMILES string of the molecule is COc1ccccc1PC(C)Pc1ccccc1OC. The third-order valence-electron chi connectivity index (χ3n) is 2.96. The van der Waals surface area contributed by atoms with Crippen LogP contribution in [0.2, 0.25) is 0 Å². The Bertz CT molecular complexity index is 508. The maximum Gasteiger partial charge on any atom is 0.126 e. The second kappa shape index (κ2) is 7.62. The van der Waals surface area contributed by atoms with Gasteiger partial charge in [0.1, 0.15) is 11.5 Å². The van der Waals surface area contributed by atoms with Crippen molar-refractivity contribution in [3.63, 3.8) is 0 Å². The van der Waals surface area contributed by atoms with E-state index in [2.05, 4.69) is 31.2 Å². The molecule has 0 spiro atoms. The molecule has 106 valence electrons. The van der Waals surface area contributed by atoms with Crippen LogP contribution >= 0.6 is 17.2 Å². The van der Waals surface area contributed by atoms with Crippen LogP contribution in [0.1, 0.15) is 6.92 Å². The summed E-state index contributed by atoms with van der Waals surface area (Å²) in [5, 5.41) is 3.18. The molecule has 0 aliphatic heterocycles. The minimum absolute atomic E-state index is 0.586. The van der Waals surface area contributed by atoms with Crippen LogP contribution in [-0.4, -0.2) is 19.6 Å². The molecule has 0 radical (unpaired) electrons. The number of para-hydroxylation sites is 2. The maximum absolute atomic E-state index is 5.43. The summed E-state index contributed by atoms with van der Waals surface area (Å²) in [7, 11) is 4.94. The van der Waals surface area contributed by atoms with E-state index in [9.17, 15) is 0 Å². The van der Waals surface area contributed by atoms with Crippen molar-refractivity contribution >= 4 is 27.8 Å². The Morgan fingerprint density at radius 3 is 1.55 bits per heavy atom. The highest BCUT2D eigenvalue weighted by Gasteiger charge is 2.11. The first-order valence-corrected chi connectivity index (χ1v) is 8.69. The summed E-state index contributed by atoms with van der Waals surface area (Å²) in [4.78, 5) is 0. The molecule has 0 aliphatic carbocycles. The molecule has 0 fully saturated rings. The predicted octanol–water partition coefficient (Wildman–Crippen LogP) is 3.36. The van der Waals surface area contributed by atoms with E-state index in [1.807, 2.05) is 24.3 Å². The van der Waals surface area contributed by atoms with Crippen molar-refractivity contribution in [2.24, 2.45) is 0 Å². The quantitative estimate of drug-likeness (QED) is 0.762. The van der Waals surface area contributed by atoms with Gasteiger partial charge in [-0.05, 0) is 17.5 Å². The molecule has 2 aromatic carbocycles. The van der Waals surface area contributed by atoms with E-state index in [1.165, 1.54) is 10.6 Å². The van der Waals surface area contributed by atoms with Crippen LogP contribution in [0.4, 0.5) is 0 Å². The van der Waals surface area contributed by atoms with Crippen LogP contribution in [0.5, 0.6) is 11.5 Å². The first-order valence-electron chi connectivity index (χ1n) is 6.53. The number of methoxy groups -OCH3 is 2. The molecule has 0 saturated heterocycles. The molecule has 2 atom stereocenters. The normalized spacial score (nSPS) is 13.2. The molecular formula is C16H20O2P2. The Hall–Kier alpha value is -1.10. The molecule has 2 unspecified atom stereocenters. The zero-order valence-electron chi connectivity index (χ0n) is 12.0. The minimum Gasteiger partial charge on any atom is -0.496 e. The molecule has 0 N–H and O–H groups in total. The molecule has 2 nitrogen and oxygen atoms in total. The first kappa shape index (κ1) is 15.3. The van der Waals surface area contributed by atoms with Crippen LogP contribution in [0, 0.1) is 0 Å². The minimum atomic E-state index is 0.586. The molecule has 0 aliphatic rings. The lowest BCUT2D eigenvalue weighted by molar-refractivity contribution is 0.418. The van der Waals surface area contributed by atoms with E-state index in [0.717, 1.165) is 28.7 Å². The molecule has 4 heteroatoms. The largest absolute Gasteiger partial charge is 0.496 e. The molecule has 2 rings (SSSR count). The van der Waals surface area contributed by atoms with Crippen molar-refractivity contribution < 1.29 is 9.47 Å². The van der Waals surface area contributed by atoms with Crippen molar-refractivity contribution in [1.82, 2.24) is 0 Å². The molecule has 20 heavy (non-hydrogen) atoms. The van der Waals surface area contributed by atoms with Gasteiger partial charge in [0, 0.05) is 10.6 Å². The number of ether oxygens (including phenoxy) is 2. The molecule has 0 amide bonds. The van der Waals surface area contributed by atoms with Gasteiger partial charge in [-0.3, -0.25) is 0 Å². The van der Waals surface area contributed by atoms with Gasteiger partial charge >= 0.3 is 0 Å². The molecular weight excluding hydrogens is 286 g/mol. The van der Waals surface area contributed by atoms with E-state index in [0.29, 0.717) is 5.40 Å². The summed E-state index contributed by atoms with van der Waals surface area (Å²) >= 11 is 0. The summed E-state index contributed by atoms with van der Waals surface area (Å²) in [6, 6.07) is 16.5. The van der Waals surface area contributed by atoms with Crippen LogP contribution < -0.4 is 20.1 Å². The van der Waals surface area contributed by atoms with Crippen molar-refractivity contribution in [3.8, 4) is 11.5 Å². The van der Waals surface area contributed by atoms with Crippen LogP contribution in [0.3, 0.4) is 0 Å². The standard InChI is InChI=1S/C16H20O2P2/c1-12(19-15-10-6-4-8-13(15)17-2)20-16-11-7-5-9-14(16)18-3/h4-12,19-20H,1-3H3. The Kier molecular flexibility index (Phi) is 5.83. The number of rotatable bonds is 6. The fourth-order valence-corrected chi connectivity index (χ4v) is 5.23. The van der Waals surface area contributed by atoms with Crippen molar-refractivity contribution in [3.05, 3.63) is 48.5 Å². The topological polar surface area (TPSA) is 18.5 Å². The lowest BCUT2D eigenvalue weighted by atomic mass is 10.3. The summed E-state index contributed by atoms with van der Waals surface area (Å²) in [5.41, 5.74) is 0. The van der Waals surface area contributed by atoms with Crippen LogP contribution in [0.15, 0.2) is 48.5 Å². The van der Waals surface area contributed by atoms with Crippen molar-refractivity contribution in [2.75, 3.05) is 14.2 Å². The average molecular weight is 306 g/mol. The number of hydrogen-bond acceptors (Lipinski definition) is 2. The zero-order valence-corrected chi connectivity index (χ0v) is 14.0. The highest BCUT2D eigenvalue weighted by Crippen LogP contribution is 2.36. The van der Waals surface area contributed by atoms with Crippen LogP contribution in [-0.2, 0) is 0 Å². The summed E-state index contributed by atoms with van der Waals surface area (Å²) in [5.74, 6) is 1.98. The van der Waals surface area contributed by atoms with E-state index < -0.39 is 0 Å². The summed E-state index contributed by atoms with van der Waals surface area (Å²) in [6.45, 7) is 2.29. The lowest BCUT2D eigenvalue weighted by Gasteiger charge is -2.16. The zero-order chi connectivity index (χ0) is 14.4. The molecule has 0 heterocycles. The Morgan fingerprint density at radius 1 is 0.750 bits per heavy atom. The lowest BCUT2D eigenvalue weighted by Crippen LogP contribution is -2.07. The van der Waals surface area contributed by atoms with Gasteiger partial charge in [-0.25, -0.2) is 0 Å². The first-order chi connectivity index (χ1) is 9.74. The molecule has 0 bridgehead atoms. The van der Waals surface area contributed by atoms with Crippen molar-refractivity contribution in [1.29, 1.82) is 0 Å². The average Bonchev–Trinajstić information content (AvgIpc) is 2.48. The maximum atomic E-state index is 5.43. The van der Waals surface area contributed by atoms with Gasteiger partial charge in [-0.1, -0.05) is 60.5 Å². The van der Waals surface area contributed by atoms with Gasteiger partial charge in [0.25, 0.3) is 0 Å². The Balaban J connectivity index is 2.07. The van der Waals surface area contributed by atoms with Gasteiger partial charge < -0.3 is 9.47 Å². The van der Waals surface area contributed by atoms with Crippen molar-refractivity contribution in [2.45, 2.75) is 12.3 Å². The fraction of sp³-hybridized carbons (Fsp3) is 0.250. The van der Waals surface area contributed by atoms with Gasteiger partial charge in [0.2, 0.25) is 0 Å². The molecule has 0 aromatic heterocycles. The Labute approximate surface area is 124 Å². The van der Waals surface area contributed by atoms with E-state index in [1.54, 1.807) is 14.2 Å². The van der Waals surface area contributed by atoms with Gasteiger partial charge in [0.15, 0.2) is 0 Å². The predicted molar refractivity (Wildman–Crippen MR) is 91.3 cm³/mol. The smallest absolute Gasteiger partial charge is 0.126 e. The second-order valence-corrected chi connectivity index (χ2v) is 8.38. The fourth-order valence-electron chi connectivity index (χ4n) is 2.03. The van der Waals surface area contributed by atoms with E-state index >= 15 is 0 Å². The van der Waals surface area contributed by atoms with E-state index in [-0.39, 0.29) is 0 Å². The van der Waals surface area contributed by atoms with Gasteiger partial charge in [-0.15, -0.1) is 0 Å². The number of hydrogen-bond donors (Lipinski definition) is 0.